The zero-order valence-electron chi connectivity index (χ0n) is 18.4. The molecule has 34 heavy (non-hydrogen) atoms. The molecule has 3 aromatic rings. The maximum absolute atomic E-state index is 13.2. The van der Waals surface area contributed by atoms with Crippen molar-refractivity contribution in [3.63, 3.8) is 0 Å². The first-order chi connectivity index (χ1) is 16.5. The van der Waals surface area contributed by atoms with Crippen LogP contribution in [0.15, 0.2) is 97.1 Å². The number of hydrogen-bond donors (Lipinski definition) is 1. The minimum atomic E-state index is -1.92. The number of aliphatic hydroxyl groups is 1. The molecule has 1 N–H and O–H groups in total. The van der Waals surface area contributed by atoms with Gasteiger partial charge in [-0.2, -0.15) is 0 Å². The summed E-state index contributed by atoms with van der Waals surface area (Å²) in [7, 11) is 0. The van der Waals surface area contributed by atoms with E-state index >= 15 is 0 Å². The van der Waals surface area contributed by atoms with Gasteiger partial charge in [-0.15, -0.1) is 0 Å². The van der Waals surface area contributed by atoms with Crippen LogP contribution in [-0.4, -0.2) is 29.9 Å². The maximum atomic E-state index is 13.2. The molecule has 3 aromatic carbocycles. The molecular weight excluding hydrogens is 450 g/mol. The Labute approximate surface area is 203 Å². The van der Waals surface area contributed by atoms with Gasteiger partial charge in [-0.1, -0.05) is 78.4 Å². The lowest BCUT2D eigenvalue weighted by molar-refractivity contribution is -0.140. The summed E-state index contributed by atoms with van der Waals surface area (Å²) in [5.74, 6) is -0.249. The second kappa shape index (κ2) is 10.5. The summed E-state index contributed by atoms with van der Waals surface area (Å²) in [6.45, 7) is 0.445. The molecule has 0 fully saturated rings. The quantitative estimate of drug-likeness (QED) is 0.343. The molecule has 1 amide bonds. The van der Waals surface area contributed by atoms with Gasteiger partial charge in [-0.05, 0) is 42.0 Å². The monoisotopic (exact) mass is 473 g/mol. The van der Waals surface area contributed by atoms with Gasteiger partial charge in [-0.3, -0.25) is 9.59 Å². The van der Waals surface area contributed by atoms with Crippen LogP contribution in [0.4, 0.5) is 5.69 Å². The SMILES string of the molecule is O=C(/C=C/C=C/c1ccccc1)CC1(O)C(=O)N(CCOc2ccc(Cl)cc2)c2ccccc21. The van der Waals surface area contributed by atoms with Gasteiger partial charge in [-0.25, -0.2) is 0 Å². The highest BCUT2D eigenvalue weighted by Crippen LogP contribution is 2.42. The van der Waals surface area contributed by atoms with Gasteiger partial charge >= 0.3 is 0 Å². The van der Waals surface area contributed by atoms with Crippen molar-refractivity contribution in [3.8, 4) is 5.75 Å². The molecular formula is C28H24ClNO4. The van der Waals surface area contributed by atoms with E-state index in [1.54, 1.807) is 60.7 Å². The van der Waals surface area contributed by atoms with Crippen LogP contribution >= 0.6 is 11.6 Å². The number of rotatable bonds is 9. The van der Waals surface area contributed by atoms with Gasteiger partial charge in [0, 0.05) is 10.6 Å². The van der Waals surface area contributed by atoms with Crippen molar-refractivity contribution in [2.45, 2.75) is 12.0 Å². The predicted octanol–water partition coefficient (Wildman–Crippen LogP) is 5.18. The number of fused-ring (bicyclic) bond motifs is 1. The van der Waals surface area contributed by atoms with Crippen molar-refractivity contribution < 1.29 is 19.4 Å². The molecule has 1 unspecified atom stereocenters. The highest BCUT2D eigenvalue weighted by molar-refractivity contribution is 6.30. The maximum Gasteiger partial charge on any atom is 0.264 e. The number of allylic oxidation sites excluding steroid dienone is 3. The average molecular weight is 474 g/mol. The number of halogens is 1. The van der Waals surface area contributed by atoms with E-state index in [4.69, 9.17) is 16.3 Å². The minimum Gasteiger partial charge on any atom is -0.492 e. The standard InChI is InChI=1S/C28H24ClNO4/c29-22-14-16-24(17-15-22)34-19-18-30-26-13-7-6-12-25(26)28(33,27(30)32)20-23(31)11-5-4-10-21-8-2-1-3-9-21/h1-17,33H,18-20H2/b10-4+,11-5+. The second-order valence-electron chi connectivity index (χ2n) is 7.91. The van der Waals surface area contributed by atoms with Crippen molar-refractivity contribution >= 4 is 35.1 Å². The number of para-hydroxylation sites is 1. The summed E-state index contributed by atoms with van der Waals surface area (Å²) in [6, 6.07) is 23.6. The van der Waals surface area contributed by atoms with Crippen molar-refractivity contribution in [3.05, 3.63) is 113 Å². The number of anilines is 1. The number of carbonyl (C=O) groups is 2. The van der Waals surface area contributed by atoms with Crippen LogP contribution in [-0.2, 0) is 15.2 Å². The number of ketones is 1. The van der Waals surface area contributed by atoms with Gasteiger partial charge in [0.1, 0.15) is 12.4 Å². The topological polar surface area (TPSA) is 66.8 Å². The average Bonchev–Trinajstić information content (AvgIpc) is 3.05. The zero-order chi connectivity index (χ0) is 24.0. The lowest BCUT2D eigenvalue weighted by atomic mass is 9.90. The summed E-state index contributed by atoms with van der Waals surface area (Å²) >= 11 is 5.89. The Morgan fingerprint density at radius 2 is 1.68 bits per heavy atom. The van der Waals surface area contributed by atoms with Crippen LogP contribution in [0.3, 0.4) is 0 Å². The molecule has 1 heterocycles. The van der Waals surface area contributed by atoms with E-state index in [1.807, 2.05) is 36.4 Å². The number of amides is 1. The molecule has 0 aliphatic carbocycles. The van der Waals surface area contributed by atoms with Gasteiger partial charge in [0.05, 0.1) is 18.7 Å². The number of nitrogens with zero attached hydrogens (tertiary/aromatic N) is 1. The Morgan fingerprint density at radius 1 is 0.971 bits per heavy atom. The highest BCUT2D eigenvalue weighted by Gasteiger charge is 2.50. The summed E-state index contributed by atoms with van der Waals surface area (Å²) in [4.78, 5) is 27.3. The van der Waals surface area contributed by atoms with Crippen molar-refractivity contribution in [2.75, 3.05) is 18.1 Å². The Hall–Kier alpha value is -3.67. The number of hydrogen-bond acceptors (Lipinski definition) is 4. The minimum absolute atomic E-state index is 0.218. The third kappa shape index (κ3) is 5.28. The molecule has 1 atom stereocenters. The Kier molecular flexibility index (Phi) is 7.26. The number of carbonyl (C=O) groups excluding carboxylic acids is 2. The smallest absolute Gasteiger partial charge is 0.264 e. The van der Waals surface area contributed by atoms with E-state index in [2.05, 4.69) is 0 Å². The molecule has 1 aliphatic heterocycles. The van der Waals surface area contributed by atoms with Gasteiger partial charge in [0.2, 0.25) is 0 Å². The summed E-state index contributed by atoms with van der Waals surface area (Å²) < 4.78 is 5.72. The molecule has 6 heteroatoms. The van der Waals surface area contributed by atoms with Crippen molar-refractivity contribution in [1.29, 1.82) is 0 Å². The van der Waals surface area contributed by atoms with Crippen LogP contribution in [0.1, 0.15) is 17.5 Å². The predicted molar refractivity (Wildman–Crippen MR) is 134 cm³/mol. The fourth-order valence-corrected chi connectivity index (χ4v) is 4.02. The molecule has 0 spiro atoms. The summed E-state index contributed by atoms with van der Waals surface area (Å²) in [5, 5.41) is 11.9. The van der Waals surface area contributed by atoms with E-state index in [0.717, 1.165) is 5.56 Å². The normalized spacial score (nSPS) is 17.5. The molecule has 4 rings (SSSR count). The van der Waals surface area contributed by atoms with Crippen LogP contribution in [0.25, 0.3) is 6.08 Å². The zero-order valence-corrected chi connectivity index (χ0v) is 19.2. The number of ether oxygens (including phenoxy) is 1. The first-order valence-corrected chi connectivity index (χ1v) is 11.3. The van der Waals surface area contributed by atoms with Crippen molar-refractivity contribution in [2.24, 2.45) is 0 Å². The van der Waals surface area contributed by atoms with Crippen molar-refractivity contribution in [1.82, 2.24) is 0 Å². The number of benzene rings is 3. The highest BCUT2D eigenvalue weighted by atomic mass is 35.5. The van der Waals surface area contributed by atoms with E-state index < -0.39 is 11.5 Å². The van der Waals surface area contributed by atoms with Crippen LogP contribution in [0.5, 0.6) is 5.75 Å². The molecule has 0 saturated carbocycles. The van der Waals surface area contributed by atoms with E-state index in [9.17, 15) is 14.7 Å². The van der Waals surface area contributed by atoms with Gasteiger partial charge < -0.3 is 14.7 Å². The van der Waals surface area contributed by atoms with Crippen LogP contribution in [0.2, 0.25) is 5.02 Å². The first-order valence-electron chi connectivity index (χ1n) is 10.9. The molecule has 5 nitrogen and oxygen atoms in total. The third-order valence-electron chi connectivity index (χ3n) is 5.55. The van der Waals surface area contributed by atoms with E-state index in [-0.39, 0.29) is 25.4 Å². The Morgan fingerprint density at radius 3 is 2.44 bits per heavy atom. The largest absolute Gasteiger partial charge is 0.492 e. The second-order valence-corrected chi connectivity index (χ2v) is 8.35. The molecule has 0 aromatic heterocycles. The lowest BCUT2D eigenvalue weighted by Crippen LogP contribution is -2.43. The molecule has 172 valence electrons. The molecule has 1 aliphatic rings. The fraction of sp³-hybridized carbons (Fsp3) is 0.143. The van der Waals surface area contributed by atoms with Gasteiger partial charge in [0.25, 0.3) is 5.91 Å². The van der Waals surface area contributed by atoms with Crippen LogP contribution in [0, 0.1) is 0 Å². The Bertz CT molecular complexity index is 1220. The van der Waals surface area contributed by atoms with Crippen LogP contribution < -0.4 is 9.64 Å². The summed E-state index contributed by atoms with van der Waals surface area (Å²) in [5.41, 5.74) is 0.0969. The summed E-state index contributed by atoms with van der Waals surface area (Å²) in [6.07, 6.45) is 6.27. The molecule has 0 radical (unpaired) electrons. The lowest BCUT2D eigenvalue weighted by Gasteiger charge is -2.22. The Balaban J connectivity index is 1.43. The van der Waals surface area contributed by atoms with E-state index in [1.165, 1.54) is 11.0 Å². The molecule has 0 saturated heterocycles. The molecule has 0 bridgehead atoms. The first kappa shape index (κ1) is 23.5. The van der Waals surface area contributed by atoms with E-state index in [0.29, 0.717) is 22.0 Å². The fourth-order valence-electron chi connectivity index (χ4n) is 3.89. The third-order valence-corrected chi connectivity index (χ3v) is 5.80. The van der Waals surface area contributed by atoms with Gasteiger partial charge in [0.15, 0.2) is 11.4 Å².